The van der Waals surface area contributed by atoms with Crippen LogP contribution in [0.1, 0.15) is 32.1 Å². The Morgan fingerprint density at radius 3 is 2.71 bits per heavy atom. The Morgan fingerprint density at radius 2 is 2.04 bits per heavy atom. The number of cyclic esters (lactones) is 1. The van der Waals surface area contributed by atoms with Gasteiger partial charge in [-0.15, -0.1) is 0 Å². The molecule has 1 aromatic rings. The zero-order valence-electron chi connectivity index (χ0n) is 16.1. The van der Waals surface area contributed by atoms with Gasteiger partial charge in [-0.1, -0.05) is 0 Å². The second kappa shape index (κ2) is 7.79. The Morgan fingerprint density at radius 1 is 1.32 bits per heavy atom. The first-order chi connectivity index (χ1) is 13.5. The van der Waals surface area contributed by atoms with Gasteiger partial charge in [0.1, 0.15) is 6.10 Å². The van der Waals surface area contributed by atoms with Gasteiger partial charge in [0.15, 0.2) is 0 Å². The average molecular weight is 394 g/mol. The number of carbonyl (C=O) groups is 1. The number of rotatable bonds is 4. The molecule has 4 heterocycles. The number of ether oxygens (including phenoxy) is 2. The van der Waals surface area contributed by atoms with E-state index in [1.54, 1.807) is 0 Å². The van der Waals surface area contributed by atoms with Crippen LogP contribution in [-0.4, -0.2) is 78.0 Å². The molecule has 4 rings (SSSR count). The molecule has 0 amide bonds. The minimum Gasteiger partial charge on any atom is -0.479 e. The van der Waals surface area contributed by atoms with Crippen molar-refractivity contribution in [1.82, 2.24) is 14.9 Å². The van der Waals surface area contributed by atoms with Crippen molar-refractivity contribution in [2.75, 3.05) is 44.7 Å². The van der Waals surface area contributed by atoms with Crippen LogP contribution < -0.4 is 9.64 Å². The van der Waals surface area contributed by atoms with Gasteiger partial charge in [0, 0.05) is 39.1 Å². The molecule has 3 fully saturated rings. The molecule has 9 heteroatoms. The number of hydrogen-bond donors (Lipinski definition) is 1. The van der Waals surface area contributed by atoms with E-state index in [0.29, 0.717) is 31.9 Å². The average Bonchev–Trinajstić information content (AvgIpc) is 2.99. The maximum atomic E-state index is 13.5. The standard InChI is InChI=1S/C19H27FN4O4/c1-27-16-15(20)11-21-18(22-16)24-8-4-19(5-9-24)10-14(28-17(19)26)12-23-6-2-13(25)3-7-23/h11,13-14,25H,2-10,12H2,1H3. The molecule has 1 spiro atoms. The molecule has 28 heavy (non-hydrogen) atoms. The molecule has 0 bridgehead atoms. The van der Waals surface area contributed by atoms with Crippen molar-refractivity contribution in [1.29, 1.82) is 0 Å². The fourth-order valence-corrected chi connectivity index (χ4v) is 4.51. The monoisotopic (exact) mass is 394 g/mol. The van der Waals surface area contributed by atoms with Crippen molar-refractivity contribution in [2.24, 2.45) is 5.41 Å². The lowest BCUT2D eigenvalue weighted by atomic mass is 9.76. The summed E-state index contributed by atoms with van der Waals surface area (Å²) in [7, 11) is 1.37. The number of anilines is 1. The molecule has 0 saturated carbocycles. The first kappa shape index (κ1) is 19.3. The van der Waals surface area contributed by atoms with Crippen molar-refractivity contribution in [3.63, 3.8) is 0 Å². The molecule has 0 aromatic carbocycles. The van der Waals surface area contributed by atoms with Crippen LogP contribution in [-0.2, 0) is 9.53 Å². The van der Waals surface area contributed by atoms with Gasteiger partial charge >= 0.3 is 5.97 Å². The number of carbonyl (C=O) groups excluding carboxylic acids is 1. The molecule has 154 valence electrons. The summed E-state index contributed by atoms with van der Waals surface area (Å²) in [5.74, 6) is -0.348. The zero-order valence-corrected chi connectivity index (χ0v) is 16.1. The summed E-state index contributed by atoms with van der Waals surface area (Å²) in [4.78, 5) is 25.1. The number of methoxy groups -OCH3 is 1. The largest absolute Gasteiger partial charge is 0.479 e. The van der Waals surface area contributed by atoms with E-state index in [4.69, 9.17) is 9.47 Å². The number of esters is 1. The molecule has 1 aromatic heterocycles. The summed E-state index contributed by atoms with van der Waals surface area (Å²) in [6.07, 6.45) is 4.45. The third-order valence-corrected chi connectivity index (χ3v) is 6.24. The van der Waals surface area contributed by atoms with Gasteiger partial charge in [-0.3, -0.25) is 9.69 Å². The normalized spacial score (nSPS) is 25.9. The first-order valence-electron chi connectivity index (χ1n) is 9.92. The second-order valence-electron chi connectivity index (χ2n) is 8.06. The molecule has 3 aliphatic heterocycles. The minimum absolute atomic E-state index is 0.0720. The highest BCUT2D eigenvalue weighted by Gasteiger charge is 2.51. The maximum absolute atomic E-state index is 13.5. The highest BCUT2D eigenvalue weighted by molar-refractivity contribution is 5.79. The van der Waals surface area contributed by atoms with Gasteiger partial charge in [0.25, 0.3) is 5.88 Å². The van der Waals surface area contributed by atoms with Crippen LogP contribution in [0.4, 0.5) is 10.3 Å². The van der Waals surface area contributed by atoms with Crippen molar-refractivity contribution >= 4 is 11.9 Å². The lowest BCUT2D eigenvalue weighted by Gasteiger charge is -2.36. The highest BCUT2D eigenvalue weighted by atomic mass is 19.1. The topological polar surface area (TPSA) is 88.0 Å². The van der Waals surface area contributed by atoms with Crippen LogP contribution in [0, 0.1) is 11.2 Å². The van der Waals surface area contributed by atoms with E-state index in [1.807, 2.05) is 4.90 Å². The molecule has 3 aliphatic rings. The molecule has 3 saturated heterocycles. The molecular formula is C19H27FN4O4. The van der Waals surface area contributed by atoms with Crippen LogP contribution in [0.3, 0.4) is 0 Å². The van der Waals surface area contributed by atoms with Crippen LogP contribution >= 0.6 is 0 Å². The molecular weight excluding hydrogens is 367 g/mol. The van der Waals surface area contributed by atoms with E-state index in [2.05, 4.69) is 14.9 Å². The number of aromatic nitrogens is 2. The van der Waals surface area contributed by atoms with Gasteiger partial charge in [-0.25, -0.2) is 4.98 Å². The van der Waals surface area contributed by atoms with Crippen LogP contribution in [0.2, 0.25) is 0 Å². The fraction of sp³-hybridized carbons (Fsp3) is 0.737. The number of likely N-dealkylation sites (tertiary alicyclic amines) is 1. The van der Waals surface area contributed by atoms with Gasteiger partial charge < -0.3 is 19.5 Å². The van der Waals surface area contributed by atoms with Crippen molar-refractivity contribution in [3.05, 3.63) is 12.0 Å². The SMILES string of the molecule is COc1nc(N2CCC3(CC2)CC(CN2CCC(O)CC2)OC3=O)ncc1F. The fourth-order valence-electron chi connectivity index (χ4n) is 4.51. The van der Waals surface area contributed by atoms with Crippen LogP contribution in [0.25, 0.3) is 0 Å². The minimum atomic E-state index is -0.591. The van der Waals surface area contributed by atoms with E-state index in [-0.39, 0.29) is 24.1 Å². The second-order valence-corrected chi connectivity index (χ2v) is 8.06. The maximum Gasteiger partial charge on any atom is 0.312 e. The Hall–Kier alpha value is -2.00. The Bertz CT molecular complexity index is 718. The lowest BCUT2D eigenvalue weighted by molar-refractivity contribution is -0.150. The van der Waals surface area contributed by atoms with Gasteiger partial charge in [0.2, 0.25) is 11.8 Å². The number of hydrogen-bond acceptors (Lipinski definition) is 8. The Labute approximate surface area is 163 Å². The van der Waals surface area contributed by atoms with E-state index in [0.717, 1.165) is 45.1 Å². The highest BCUT2D eigenvalue weighted by Crippen LogP contribution is 2.43. The number of nitrogens with zero attached hydrogens (tertiary/aromatic N) is 4. The lowest BCUT2D eigenvalue weighted by Crippen LogP contribution is -2.43. The summed E-state index contributed by atoms with van der Waals surface area (Å²) in [6.45, 7) is 3.67. The van der Waals surface area contributed by atoms with Crippen LogP contribution in [0.15, 0.2) is 6.20 Å². The molecule has 0 radical (unpaired) electrons. The van der Waals surface area contributed by atoms with E-state index in [1.165, 1.54) is 7.11 Å². The predicted octanol–water partition coefficient (Wildman–Crippen LogP) is 0.983. The number of aliphatic hydroxyl groups is 1. The van der Waals surface area contributed by atoms with E-state index in [9.17, 15) is 14.3 Å². The van der Waals surface area contributed by atoms with Gasteiger partial charge in [0.05, 0.1) is 24.8 Å². The number of halogens is 1. The number of piperidine rings is 2. The van der Waals surface area contributed by atoms with Gasteiger partial charge in [-0.05, 0) is 25.7 Å². The summed E-state index contributed by atoms with van der Waals surface area (Å²) in [5, 5.41) is 9.64. The third kappa shape index (κ3) is 3.77. The van der Waals surface area contributed by atoms with E-state index >= 15 is 0 Å². The summed E-state index contributed by atoms with van der Waals surface area (Å²) >= 11 is 0. The predicted molar refractivity (Wildman–Crippen MR) is 98.6 cm³/mol. The summed E-state index contributed by atoms with van der Waals surface area (Å²) in [6, 6.07) is 0. The molecule has 1 unspecified atom stereocenters. The summed E-state index contributed by atoms with van der Waals surface area (Å²) in [5.41, 5.74) is -0.444. The van der Waals surface area contributed by atoms with Gasteiger partial charge in [-0.2, -0.15) is 9.37 Å². The molecule has 8 nitrogen and oxygen atoms in total. The van der Waals surface area contributed by atoms with Crippen molar-refractivity contribution in [2.45, 2.75) is 44.3 Å². The van der Waals surface area contributed by atoms with Crippen molar-refractivity contribution < 1.29 is 23.8 Å². The Kier molecular flexibility index (Phi) is 5.37. The zero-order chi connectivity index (χ0) is 19.7. The third-order valence-electron chi connectivity index (χ3n) is 6.24. The molecule has 1 atom stereocenters. The molecule has 1 N–H and O–H groups in total. The molecule has 0 aliphatic carbocycles. The Balaban J connectivity index is 1.35. The van der Waals surface area contributed by atoms with E-state index < -0.39 is 11.2 Å². The van der Waals surface area contributed by atoms with Crippen molar-refractivity contribution in [3.8, 4) is 5.88 Å². The van der Waals surface area contributed by atoms with Crippen LogP contribution in [0.5, 0.6) is 5.88 Å². The quantitative estimate of drug-likeness (QED) is 0.757. The number of aliphatic hydroxyl groups excluding tert-OH is 1. The summed E-state index contributed by atoms with van der Waals surface area (Å²) < 4.78 is 24.2. The first-order valence-corrected chi connectivity index (χ1v) is 9.92. The smallest absolute Gasteiger partial charge is 0.312 e.